The molecule has 1 aliphatic heterocycles. The zero-order valence-corrected chi connectivity index (χ0v) is 11.2. The highest BCUT2D eigenvalue weighted by Crippen LogP contribution is 2.32. The Hall–Kier alpha value is -1.10. The van der Waals surface area contributed by atoms with Crippen LogP contribution < -0.4 is 0 Å². The molecule has 2 rings (SSSR count). The number of alkyl halides is 3. The molecule has 18 heavy (non-hydrogen) atoms. The lowest BCUT2D eigenvalue weighted by atomic mass is 10.0. The molecule has 0 aromatic carbocycles. The number of hydrogen-bond donors (Lipinski definition) is 0. The summed E-state index contributed by atoms with van der Waals surface area (Å²) in [6.45, 7) is 6.84. The van der Waals surface area contributed by atoms with Gasteiger partial charge in [-0.25, -0.2) is 4.98 Å². The number of hydrogen-bond acceptors (Lipinski definition) is 2. The van der Waals surface area contributed by atoms with E-state index in [0.29, 0.717) is 12.2 Å². The number of fused-ring (bicyclic) bond motifs is 1. The Bertz CT molecular complexity index is 413. The van der Waals surface area contributed by atoms with Crippen LogP contribution in [0.1, 0.15) is 36.4 Å². The van der Waals surface area contributed by atoms with Crippen molar-refractivity contribution in [3.05, 3.63) is 28.6 Å². The van der Waals surface area contributed by atoms with E-state index in [1.165, 1.54) is 6.92 Å². The van der Waals surface area contributed by atoms with Gasteiger partial charge in [0.1, 0.15) is 5.69 Å². The SMILES string of the molecule is CC.Cc1cc2c(nc1C(F)(F)F)CN(C)CC2. The number of likely N-dealkylation sites (N-methyl/N-ethyl adjacent to an activating group) is 1. The Kier molecular flexibility index (Phi) is 4.73. The van der Waals surface area contributed by atoms with E-state index in [1.54, 1.807) is 6.07 Å². The van der Waals surface area contributed by atoms with Gasteiger partial charge in [-0.1, -0.05) is 19.9 Å². The Morgan fingerprint density at radius 1 is 1.28 bits per heavy atom. The van der Waals surface area contributed by atoms with Crippen molar-refractivity contribution in [2.75, 3.05) is 13.6 Å². The minimum atomic E-state index is -4.35. The van der Waals surface area contributed by atoms with E-state index in [9.17, 15) is 13.2 Å². The second kappa shape index (κ2) is 5.69. The second-order valence-corrected chi connectivity index (χ2v) is 4.25. The van der Waals surface area contributed by atoms with Crippen molar-refractivity contribution < 1.29 is 13.2 Å². The van der Waals surface area contributed by atoms with Crippen molar-refractivity contribution in [2.24, 2.45) is 0 Å². The summed E-state index contributed by atoms with van der Waals surface area (Å²) in [4.78, 5) is 5.74. The topological polar surface area (TPSA) is 16.1 Å². The van der Waals surface area contributed by atoms with Crippen LogP contribution in [0.5, 0.6) is 0 Å². The molecule has 0 radical (unpaired) electrons. The first kappa shape index (κ1) is 15.0. The summed E-state index contributed by atoms with van der Waals surface area (Å²) >= 11 is 0. The predicted molar refractivity (Wildman–Crippen MR) is 65.4 cm³/mol. The molecule has 2 heterocycles. The zero-order valence-electron chi connectivity index (χ0n) is 11.2. The molecular formula is C13H19F3N2. The summed E-state index contributed by atoms with van der Waals surface area (Å²) in [6, 6.07) is 1.62. The Morgan fingerprint density at radius 2 is 1.89 bits per heavy atom. The van der Waals surface area contributed by atoms with Crippen LogP contribution in [0, 0.1) is 6.92 Å². The maximum atomic E-state index is 12.6. The lowest BCUT2D eigenvalue weighted by molar-refractivity contribution is -0.141. The number of pyridine rings is 1. The van der Waals surface area contributed by atoms with Crippen LogP contribution in [0.2, 0.25) is 0 Å². The summed E-state index contributed by atoms with van der Waals surface area (Å²) in [5.41, 5.74) is 0.979. The van der Waals surface area contributed by atoms with E-state index in [4.69, 9.17) is 0 Å². The van der Waals surface area contributed by atoms with E-state index < -0.39 is 11.9 Å². The third kappa shape index (κ3) is 3.22. The van der Waals surface area contributed by atoms with Gasteiger partial charge >= 0.3 is 6.18 Å². The number of rotatable bonds is 0. The molecule has 2 nitrogen and oxygen atoms in total. The molecule has 0 saturated carbocycles. The van der Waals surface area contributed by atoms with Gasteiger partial charge in [-0.3, -0.25) is 0 Å². The quantitative estimate of drug-likeness (QED) is 0.710. The number of aromatic nitrogens is 1. The molecule has 0 N–H and O–H groups in total. The van der Waals surface area contributed by atoms with Crippen molar-refractivity contribution in [3.63, 3.8) is 0 Å². The van der Waals surface area contributed by atoms with Gasteiger partial charge in [0.05, 0.1) is 5.69 Å². The third-order valence-electron chi connectivity index (χ3n) is 2.83. The monoisotopic (exact) mass is 260 g/mol. The fourth-order valence-electron chi connectivity index (χ4n) is 1.99. The highest BCUT2D eigenvalue weighted by molar-refractivity contribution is 5.32. The first-order valence-corrected chi connectivity index (χ1v) is 6.13. The van der Waals surface area contributed by atoms with Gasteiger partial charge in [0.25, 0.3) is 0 Å². The molecule has 1 aliphatic rings. The van der Waals surface area contributed by atoms with Gasteiger partial charge in [0.2, 0.25) is 0 Å². The van der Waals surface area contributed by atoms with Crippen LogP contribution in [0.15, 0.2) is 6.07 Å². The number of aryl methyl sites for hydroxylation is 1. The van der Waals surface area contributed by atoms with Gasteiger partial charge in [0.15, 0.2) is 0 Å². The van der Waals surface area contributed by atoms with Crippen molar-refractivity contribution in [1.29, 1.82) is 0 Å². The minimum Gasteiger partial charge on any atom is -0.300 e. The van der Waals surface area contributed by atoms with Crippen LogP contribution in [-0.4, -0.2) is 23.5 Å². The largest absolute Gasteiger partial charge is 0.433 e. The lowest BCUT2D eigenvalue weighted by Gasteiger charge is -2.25. The fraction of sp³-hybridized carbons (Fsp3) is 0.615. The summed E-state index contributed by atoms with van der Waals surface area (Å²) in [7, 11) is 1.89. The minimum absolute atomic E-state index is 0.218. The molecule has 0 unspecified atom stereocenters. The smallest absolute Gasteiger partial charge is 0.300 e. The average Bonchev–Trinajstić information content (AvgIpc) is 2.30. The van der Waals surface area contributed by atoms with Gasteiger partial charge in [-0.05, 0) is 31.5 Å². The summed E-state index contributed by atoms with van der Waals surface area (Å²) in [6.07, 6.45) is -3.58. The Balaban J connectivity index is 0.000000771. The third-order valence-corrected chi connectivity index (χ3v) is 2.83. The predicted octanol–water partition coefficient (Wildman–Crippen LogP) is 3.42. The number of halogens is 3. The Morgan fingerprint density at radius 3 is 2.44 bits per heavy atom. The van der Waals surface area contributed by atoms with Gasteiger partial charge < -0.3 is 4.90 Å². The molecule has 0 spiro atoms. The molecule has 0 atom stereocenters. The normalized spacial score (nSPS) is 15.7. The maximum absolute atomic E-state index is 12.6. The molecule has 5 heteroatoms. The van der Waals surface area contributed by atoms with Crippen LogP contribution in [-0.2, 0) is 19.1 Å². The molecular weight excluding hydrogens is 241 g/mol. The Labute approximate surface area is 106 Å². The first-order chi connectivity index (χ1) is 8.38. The molecule has 0 aliphatic carbocycles. The van der Waals surface area contributed by atoms with E-state index in [1.807, 2.05) is 25.8 Å². The summed E-state index contributed by atoms with van der Waals surface area (Å²) < 4.78 is 37.9. The van der Waals surface area contributed by atoms with E-state index in [2.05, 4.69) is 4.98 Å². The highest BCUT2D eigenvalue weighted by atomic mass is 19.4. The van der Waals surface area contributed by atoms with Crippen molar-refractivity contribution in [2.45, 2.75) is 39.9 Å². The van der Waals surface area contributed by atoms with Crippen molar-refractivity contribution >= 4 is 0 Å². The average molecular weight is 260 g/mol. The summed E-state index contributed by atoms with van der Waals surface area (Å²) in [5, 5.41) is 0. The van der Waals surface area contributed by atoms with Gasteiger partial charge in [0, 0.05) is 13.1 Å². The van der Waals surface area contributed by atoms with E-state index in [0.717, 1.165) is 18.5 Å². The fourth-order valence-corrected chi connectivity index (χ4v) is 1.99. The molecule has 1 aromatic heterocycles. The van der Waals surface area contributed by atoms with Crippen molar-refractivity contribution in [1.82, 2.24) is 9.88 Å². The van der Waals surface area contributed by atoms with Crippen LogP contribution in [0.4, 0.5) is 13.2 Å². The van der Waals surface area contributed by atoms with Gasteiger partial charge in [-0.2, -0.15) is 13.2 Å². The van der Waals surface area contributed by atoms with Crippen LogP contribution in [0.3, 0.4) is 0 Å². The molecule has 0 amide bonds. The van der Waals surface area contributed by atoms with Crippen LogP contribution in [0.25, 0.3) is 0 Å². The molecule has 0 bridgehead atoms. The first-order valence-electron chi connectivity index (χ1n) is 6.13. The van der Waals surface area contributed by atoms with Crippen molar-refractivity contribution in [3.8, 4) is 0 Å². The zero-order chi connectivity index (χ0) is 13.9. The molecule has 0 saturated heterocycles. The lowest BCUT2D eigenvalue weighted by Crippen LogP contribution is -2.28. The molecule has 1 aromatic rings. The summed E-state index contributed by atoms with van der Waals surface area (Å²) in [5.74, 6) is 0. The van der Waals surface area contributed by atoms with E-state index in [-0.39, 0.29) is 5.56 Å². The standard InChI is InChI=1S/C11H13F3N2.C2H6/c1-7-5-8-3-4-16(2)6-9(8)15-10(7)11(12,13)14;1-2/h5H,3-4,6H2,1-2H3;1-2H3. The highest BCUT2D eigenvalue weighted by Gasteiger charge is 2.35. The molecule has 0 fully saturated rings. The van der Waals surface area contributed by atoms with Gasteiger partial charge in [-0.15, -0.1) is 0 Å². The second-order valence-electron chi connectivity index (χ2n) is 4.25. The molecule has 102 valence electrons. The maximum Gasteiger partial charge on any atom is 0.433 e. The van der Waals surface area contributed by atoms with Crippen LogP contribution >= 0.6 is 0 Å². The van der Waals surface area contributed by atoms with E-state index >= 15 is 0 Å². The number of nitrogens with zero attached hydrogens (tertiary/aromatic N) is 2.